The molecule has 0 saturated carbocycles. The molecule has 2 N–H and O–H groups in total. The lowest BCUT2D eigenvalue weighted by Gasteiger charge is -2.17. The summed E-state index contributed by atoms with van der Waals surface area (Å²) in [6.45, 7) is 1.63. The predicted octanol–water partition coefficient (Wildman–Crippen LogP) is 3.99. The van der Waals surface area contributed by atoms with Crippen molar-refractivity contribution >= 4 is 62.1 Å². The van der Waals surface area contributed by atoms with Crippen LogP contribution in [0.5, 0.6) is 0 Å². The van der Waals surface area contributed by atoms with Crippen LogP contribution in [0.1, 0.15) is 16.6 Å². The van der Waals surface area contributed by atoms with Gasteiger partial charge >= 0.3 is 0 Å². The van der Waals surface area contributed by atoms with Crippen molar-refractivity contribution in [1.82, 2.24) is 5.32 Å². The smallest absolute Gasteiger partial charge is 0.262 e. The largest absolute Gasteiger partial charge is 0.376 e. The molecule has 0 aliphatic carbocycles. The lowest BCUT2D eigenvalue weighted by Crippen LogP contribution is -2.41. The van der Waals surface area contributed by atoms with E-state index < -0.39 is 6.04 Å². The van der Waals surface area contributed by atoms with Crippen LogP contribution < -0.4 is 15.5 Å². The lowest BCUT2D eigenvalue weighted by atomic mass is 10.2. The molecule has 0 radical (unpaired) electrons. The highest BCUT2D eigenvalue weighted by Crippen LogP contribution is 2.27. The highest BCUT2D eigenvalue weighted by Gasteiger charge is 2.18. The Hall–Kier alpha value is -1.57. The summed E-state index contributed by atoms with van der Waals surface area (Å²) < 4.78 is 0.861. The summed E-state index contributed by atoms with van der Waals surface area (Å²) in [6.07, 6.45) is 0. The van der Waals surface area contributed by atoms with Gasteiger partial charge in [-0.05, 0) is 53.2 Å². The van der Waals surface area contributed by atoms with Crippen LogP contribution in [-0.2, 0) is 4.79 Å². The minimum Gasteiger partial charge on any atom is -0.376 e. The molecule has 0 aliphatic heterocycles. The van der Waals surface area contributed by atoms with Crippen LogP contribution in [0.25, 0.3) is 0 Å². The Balaban J connectivity index is 1.98. The zero-order chi connectivity index (χ0) is 17.9. The van der Waals surface area contributed by atoms with Crippen molar-refractivity contribution in [3.05, 3.63) is 44.0 Å². The molecule has 8 heteroatoms. The first-order valence-electron chi connectivity index (χ1n) is 7.12. The highest BCUT2D eigenvalue weighted by molar-refractivity contribution is 9.11. The first-order valence-corrected chi connectivity index (χ1v) is 9.10. The fraction of sp³-hybridized carbons (Fsp3) is 0.250. The molecule has 0 aliphatic rings. The number of anilines is 2. The fourth-order valence-electron chi connectivity index (χ4n) is 1.97. The van der Waals surface area contributed by atoms with Crippen molar-refractivity contribution in [3.63, 3.8) is 0 Å². The van der Waals surface area contributed by atoms with E-state index in [1.165, 1.54) is 11.3 Å². The third-order valence-electron chi connectivity index (χ3n) is 3.23. The average molecular weight is 431 g/mol. The molecule has 5 nitrogen and oxygen atoms in total. The van der Waals surface area contributed by atoms with Crippen molar-refractivity contribution in [2.45, 2.75) is 13.0 Å². The Bertz CT molecular complexity index is 764. The van der Waals surface area contributed by atoms with Crippen LogP contribution in [0.4, 0.5) is 11.4 Å². The maximum absolute atomic E-state index is 12.2. The number of benzene rings is 1. The van der Waals surface area contributed by atoms with Gasteiger partial charge in [0.15, 0.2) is 0 Å². The van der Waals surface area contributed by atoms with E-state index in [9.17, 15) is 9.59 Å². The summed E-state index contributed by atoms with van der Waals surface area (Å²) in [4.78, 5) is 26.7. The standard InChI is InChI=1S/C16H17BrClN3O2S/c1-9(19-16(23)13-6-7-14(17)24-13)15(22)20-10-4-5-12(21(2)3)11(18)8-10/h4-9H,1-3H3,(H,19,23)(H,20,22). The van der Waals surface area contributed by atoms with Crippen LogP contribution in [0.15, 0.2) is 34.1 Å². The molecule has 2 aromatic rings. The Morgan fingerprint density at radius 2 is 1.96 bits per heavy atom. The summed E-state index contributed by atoms with van der Waals surface area (Å²) in [5.41, 5.74) is 1.44. The van der Waals surface area contributed by atoms with Gasteiger partial charge in [0.2, 0.25) is 5.91 Å². The quantitative estimate of drug-likeness (QED) is 0.754. The van der Waals surface area contributed by atoms with Gasteiger partial charge in [0.25, 0.3) is 5.91 Å². The van der Waals surface area contributed by atoms with Crippen LogP contribution in [-0.4, -0.2) is 32.0 Å². The summed E-state index contributed by atoms with van der Waals surface area (Å²) in [5, 5.41) is 5.96. The molecule has 2 amide bonds. The van der Waals surface area contributed by atoms with Crippen molar-refractivity contribution in [2.75, 3.05) is 24.3 Å². The van der Waals surface area contributed by atoms with E-state index in [-0.39, 0.29) is 11.8 Å². The van der Waals surface area contributed by atoms with Gasteiger partial charge < -0.3 is 15.5 Å². The number of carbonyl (C=O) groups excluding carboxylic acids is 2. The number of carbonyl (C=O) groups is 2. The topological polar surface area (TPSA) is 61.4 Å². The zero-order valence-electron chi connectivity index (χ0n) is 13.4. The van der Waals surface area contributed by atoms with Gasteiger partial charge in [-0.3, -0.25) is 9.59 Å². The Kier molecular flexibility index (Phi) is 6.26. The molecule has 0 fully saturated rings. The van der Waals surface area contributed by atoms with Gasteiger partial charge in [-0.2, -0.15) is 0 Å². The molecule has 2 rings (SSSR count). The van der Waals surface area contributed by atoms with E-state index in [1.807, 2.05) is 25.1 Å². The minimum atomic E-state index is -0.675. The molecule has 1 heterocycles. The van der Waals surface area contributed by atoms with E-state index >= 15 is 0 Å². The SMILES string of the molecule is CC(NC(=O)c1ccc(Br)s1)C(=O)Nc1ccc(N(C)C)c(Cl)c1. The summed E-state index contributed by atoms with van der Waals surface area (Å²) >= 11 is 10.8. The maximum atomic E-state index is 12.2. The monoisotopic (exact) mass is 429 g/mol. The molecular formula is C16H17BrClN3O2S. The lowest BCUT2D eigenvalue weighted by molar-refractivity contribution is -0.117. The second-order valence-electron chi connectivity index (χ2n) is 5.35. The predicted molar refractivity (Wildman–Crippen MR) is 103 cm³/mol. The first kappa shape index (κ1) is 18.8. The maximum Gasteiger partial charge on any atom is 0.262 e. The van der Waals surface area contributed by atoms with Gasteiger partial charge in [-0.1, -0.05) is 11.6 Å². The van der Waals surface area contributed by atoms with Gasteiger partial charge in [-0.15, -0.1) is 11.3 Å². The van der Waals surface area contributed by atoms with E-state index in [1.54, 1.807) is 31.2 Å². The second-order valence-corrected chi connectivity index (χ2v) is 8.22. The number of hydrogen-bond donors (Lipinski definition) is 2. The van der Waals surface area contributed by atoms with E-state index in [0.29, 0.717) is 15.6 Å². The summed E-state index contributed by atoms with van der Waals surface area (Å²) in [7, 11) is 3.78. The molecule has 1 atom stereocenters. The molecular weight excluding hydrogens is 414 g/mol. The normalized spacial score (nSPS) is 11.7. The molecule has 0 saturated heterocycles. The number of hydrogen-bond acceptors (Lipinski definition) is 4. The molecule has 24 heavy (non-hydrogen) atoms. The summed E-state index contributed by atoms with van der Waals surface area (Å²) in [6, 6.07) is 8.09. The van der Waals surface area contributed by atoms with Gasteiger partial charge in [0.1, 0.15) is 6.04 Å². The third-order valence-corrected chi connectivity index (χ3v) is 5.16. The molecule has 1 unspecified atom stereocenters. The van der Waals surface area contributed by atoms with Gasteiger partial charge in [0.05, 0.1) is 19.4 Å². The summed E-state index contributed by atoms with van der Waals surface area (Å²) in [5.74, 6) is -0.595. The Morgan fingerprint density at radius 3 is 2.50 bits per heavy atom. The average Bonchev–Trinajstić information content (AvgIpc) is 2.93. The van der Waals surface area contributed by atoms with E-state index in [2.05, 4.69) is 26.6 Å². The fourth-order valence-corrected chi connectivity index (χ4v) is 3.61. The first-order chi connectivity index (χ1) is 11.3. The number of nitrogens with one attached hydrogen (secondary N) is 2. The molecule has 128 valence electrons. The molecule has 1 aromatic heterocycles. The third kappa shape index (κ3) is 4.72. The van der Waals surface area contributed by atoms with Crippen LogP contribution in [0.2, 0.25) is 5.02 Å². The van der Waals surface area contributed by atoms with Crippen LogP contribution >= 0.6 is 38.9 Å². The van der Waals surface area contributed by atoms with Gasteiger partial charge in [0, 0.05) is 19.8 Å². The van der Waals surface area contributed by atoms with Crippen molar-refractivity contribution in [3.8, 4) is 0 Å². The molecule has 0 spiro atoms. The number of nitrogens with zero attached hydrogens (tertiary/aromatic N) is 1. The van der Waals surface area contributed by atoms with Gasteiger partial charge in [-0.25, -0.2) is 0 Å². The number of rotatable bonds is 5. The number of thiophene rings is 1. The van der Waals surface area contributed by atoms with Crippen molar-refractivity contribution < 1.29 is 9.59 Å². The Morgan fingerprint density at radius 1 is 1.25 bits per heavy atom. The number of amides is 2. The van der Waals surface area contributed by atoms with Crippen molar-refractivity contribution in [2.24, 2.45) is 0 Å². The zero-order valence-corrected chi connectivity index (χ0v) is 16.6. The van der Waals surface area contributed by atoms with E-state index in [0.717, 1.165) is 9.47 Å². The molecule has 0 bridgehead atoms. The van der Waals surface area contributed by atoms with Crippen LogP contribution in [0.3, 0.4) is 0 Å². The molecule has 1 aromatic carbocycles. The van der Waals surface area contributed by atoms with E-state index in [4.69, 9.17) is 11.6 Å². The van der Waals surface area contributed by atoms with Crippen molar-refractivity contribution in [1.29, 1.82) is 0 Å². The second kappa shape index (κ2) is 8.00. The van der Waals surface area contributed by atoms with Crippen LogP contribution in [0, 0.1) is 0 Å². The highest BCUT2D eigenvalue weighted by atomic mass is 79.9. The minimum absolute atomic E-state index is 0.283. The number of halogens is 2. The Labute approximate surface area is 158 Å².